The molecule has 0 aliphatic carbocycles. The van der Waals surface area contributed by atoms with Crippen molar-refractivity contribution in [2.45, 2.75) is 6.92 Å². The highest BCUT2D eigenvalue weighted by atomic mass is 35.5. The lowest BCUT2D eigenvalue weighted by Crippen LogP contribution is -2.17. The second-order valence-corrected chi connectivity index (χ2v) is 5.30. The second-order valence-electron chi connectivity index (χ2n) is 4.89. The minimum absolute atomic E-state index is 0.181. The third-order valence-electron chi connectivity index (χ3n) is 3.43. The van der Waals surface area contributed by atoms with Crippen LogP contribution in [0.3, 0.4) is 0 Å². The van der Waals surface area contributed by atoms with Gasteiger partial charge in [-0.3, -0.25) is 4.79 Å². The van der Waals surface area contributed by atoms with E-state index in [0.29, 0.717) is 27.8 Å². The maximum atomic E-state index is 11.6. The van der Waals surface area contributed by atoms with Crippen LogP contribution in [0.1, 0.15) is 16.2 Å². The molecule has 3 aromatic rings. The van der Waals surface area contributed by atoms with Gasteiger partial charge in [-0.25, -0.2) is 15.0 Å². The van der Waals surface area contributed by atoms with E-state index in [1.165, 1.54) is 0 Å². The molecule has 0 fully saturated rings. The predicted molar refractivity (Wildman–Crippen MR) is 84.9 cm³/mol. The third kappa shape index (κ3) is 2.31. The largest absolute Gasteiger partial charge is 0.355 e. The molecular weight excluding hydrogens is 302 g/mol. The summed E-state index contributed by atoms with van der Waals surface area (Å²) < 4.78 is 1.87. The number of hydrogen-bond donors (Lipinski definition) is 1. The van der Waals surface area contributed by atoms with Crippen molar-refractivity contribution in [3.63, 3.8) is 0 Å². The molecule has 6 nitrogen and oxygen atoms in total. The van der Waals surface area contributed by atoms with Crippen LogP contribution in [0.4, 0.5) is 0 Å². The summed E-state index contributed by atoms with van der Waals surface area (Å²) >= 11 is 6.33. The molecule has 7 heteroatoms. The number of amides is 1. The van der Waals surface area contributed by atoms with Crippen LogP contribution in [0.25, 0.3) is 22.6 Å². The molecule has 0 atom stereocenters. The van der Waals surface area contributed by atoms with E-state index in [-0.39, 0.29) is 5.91 Å². The first-order chi connectivity index (χ1) is 10.5. The zero-order valence-corrected chi connectivity index (χ0v) is 13.1. The van der Waals surface area contributed by atoms with Gasteiger partial charge in [-0.15, -0.1) is 0 Å². The molecule has 3 rings (SSSR count). The van der Waals surface area contributed by atoms with E-state index in [4.69, 9.17) is 11.6 Å². The molecule has 0 aliphatic rings. The van der Waals surface area contributed by atoms with E-state index in [1.807, 2.05) is 18.5 Å². The fraction of sp³-hybridized carbons (Fsp3) is 0.200. The molecule has 1 amide bonds. The van der Waals surface area contributed by atoms with Crippen molar-refractivity contribution >= 4 is 28.7 Å². The molecule has 0 unspecified atom stereocenters. The second kappa shape index (κ2) is 5.38. The molecule has 1 aromatic carbocycles. The maximum Gasteiger partial charge on any atom is 0.251 e. The van der Waals surface area contributed by atoms with Crippen molar-refractivity contribution in [1.82, 2.24) is 24.8 Å². The zero-order chi connectivity index (χ0) is 15.9. The van der Waals surface area contributed by atoms with Gasteiger partial charge >= 0.3 is 0 Å². The Balaban J connectivity index is 2.15. The number of aryl methyl sites for hydroxylation is 2. The van der Waals surface area contributed by atoms with Crippen LogP contribution in [-0.4, -0.2) is 32.5 Å². The van der Waals surface area contributed by atoms with Gasteiger partial charge in [0.1, 0.15) is 17.2 Å². The molecule has 1 N–H and O–H groups in total. The molecule has 0 spiro atoms. The Morgan fingerprint density at radius 2 is 2.09 bits per heavy atom. The number of fused-ring (bicyclic) bond motifs is 1. The lowest BCUT2D eigenvalue weighted by atomic mass is 10.1. The summed E-state index contributed by atoms with van der Waals surface area (Å²) in [4.78, 5) is 24.7. The summed E-state index contributed by atoms with van der Waals surface area (Å²) in [6.07, 6.45) is 1.69. The average Bonchev–Trinajstić information content (AvgIpc) is 2.83. The third-order valence-corrected chi connectivity index (χ3v) is 3.74. The van der Waals surface area contributed by atoms with Crippen molar-refractivity contribution in [3.8, 4) is 11.4 Å². The number of nitrogens with one attached hydrogen (secondary N) is 1. The Labute approximate surface area is 132 Å². The van der Waals surface area contributed by atoms with Crippen LogP contribution in [0.15, 0.2) is 24.4 Å². The standard InChI is InChI=1S/C15H14ClN5O/c1-8-18-7-12-14(19-8)21(3)13(20-12)10-5-4-9(6-11(10)16)15(22)17-2/h4-7H,1-3H3,(H,17,22). The SMILES string of the molecule is CNC(=O)c1ccc(-c2nc3cnc(C)nc3n2C)c(Cl)c1. The number of imidazole rings is 1. The molecule has 0 radical (unpaired) electrons. The first-order valence-electron chi connectivity index (χ1n) is 6.69. The zero-order valence-electron chi connectivity index (χ0n) is 12.4. The van der Waals surface area contributed by atoms with Crippen LogP contribution >= 0.6 is 11.6 Å². The Kier molecular flexibility index (Phi) is 3.54. The fourth-order valence-corrected chi connectivity index (χ4v) is 2.55. The number of carbonyl (C=O) groups excluding carboxylic acids is 1. The molecule has 0 saturated heterocycles. The highest BCUT2D eigenvalue weighted by Gasteiger charge is 2.15. The summed E-state index contributed by atoms with van der Waals surface area (Å²) in [5, 5.41) is 3.03. The molecule has 112 valence electrons. The Morgan fingerprint density at radius 1 is 1.32 bits per heavy atom. The summed E-state index contributed by atoms with van der Waals surface area (Å²) in [6, 6.07) is 5.14. The Bertz CT molecular complexity index is 887. The van der Waals surface area contributed by atoms with E-state index >= 15 is 0 Å². The number of aromatic nitrogens is 4. The molecule has 2 heterocycles. The normalized spacial score (nSPS) is 10.9. The van der Waals surface area contributed by atoms with E-state index in [0.717, 1.165) is 11.2 Å². The van der Waals surface area contributed by atoms with Crippen LogP contribution in [0, 0.1) is 6.92 Å². The monoisotopic (exact) mass is 315 g/mol. The summed E-state index contributed by atoms with van der Waals surface area (Å²) in [6.45, 7) is 1.83. The Hall–Kier alpha value is -2.47. The van der Waals surface area contributed by atoms with E-state index in [2.05, 4.69) is 20.3 Å². The van der Waals surface area contributed by atoms with Gasteiger partial charge in [0, 0.05) is 25.2 Å². The quantitative estimate of drug-likeness (QED) is 0.788. The van der Waals surface area contributed by atoms with Gasteiger partial charge in [-0.05, 0) is 25.1 Å². The van der Waals surface area contributed by atoms with E-state index in [1.54, 1.807) is 31.4 Å². The highest BCUT2D eigenvalue weighted by molar-refractivity contribution is 6.33. The minimum Gasteiger partial charge on any atom is -0.355 e. The van der Waals surface area contributed by atoms with Gasteiger partial charge in [-0.2, -0.15) is 0 Å². The molecule has 0 bridgehead atoms. The molecule has 22 heavy (non-hydrogen) atoms. The first kappa shape index (κ1) is 14.5. The molecular formula is C15H14ClN5O. The summed E-state index contributed by atoms with van der Waals surface area (Å²) in [7, 11) is 3.46. The molecule has 2 aromatic heterocycles. The number of nitrogens with zero attached hydrogens (tertiary/aromatic N) is 4. The van der Waals surface area contributed by atoms with Gasteiger partial charge in [0.05, 0.1) is 11.2 Å². The number of halogens is 1. The number of benzene rings is 1. The summed E-state index contributed by atoms with van der Waals surface area (Å²) in [5.41, 5.74) is 2.70. The number of carbonyl (C=O) groups is 1. The van der Waals surface area contributed by atoms with Gasteiger partial charge in [0.2, 0.25) is 0 Å². The van der Waals surface area contributed by atoms with Gasteiger partial charge in [0.15, 0.2) is 5.65 Å². The predicted octanol–water partition coefficient (Wildman–Crippen LogP) is 2.35. The first-order valence-corrected chi connectivity index (χ1v) is 7.07. The van der Waals surface area contributed by atoms with E-state index in [9.17, 15) is 4.79 Å². The van der Waals surface area contributed by atoms with Crippen LogP contribution in [0.2, 0.25) is 5.02 Å². The lowest BCUT2D eigenvalue weighted by Gasteiger charge is -2.07. The highest BCUT2D eigenvalue weighted by Crippen LogP contribution is 2.29. The van der Waals surface area contributed by atoms with E-state index < -0.39 is 0 Å². The molecule has 0 aliphatic heterocycles. The molecule has 0 saturated carbocycles. The van der Waals surface area contributed by atoms with Crippen LogP contribution in [0.5, 0.6) is 0 Å². The van der Waals surface area contributed by atoms with Crippen LogP contribution in [-0.2, 0) is 7.05 Å². The van der Waals surface area contributed by atoms with Crippen molar-refractivity contribution in [1.29, 1.82) is 0 Å². The number of hydrogen-bond acceptors (Lipinski definition) is 4. The van der Waals surface area contributed by atoms with Gasteiger partial charge in [0.25, 0.3) is 5.91 Å². The Morgan fingerprint density at radius 3 is 2.77 bits per heavy atom. The van der Waals surface area contributed by atoms with Crippen molar-refractivity contribution in [2.24, 2.45) is 7.05 Å². The van der Waals surface area contributed by atoms with Crippen molar-refractivity contribution < 1.29 is 4.79 Å². The van der Waals surface area contributed by atoms with Gasteiger partial charge in [-0.1, -0.05) is 11.6 Å². The van der Waals surface area contributed by atoms with Crippen molar-refractivity contribution in [3.05, 3.63) is 40.8 Å². The minimum atomic E-state index is -0.181. The lowest BCUT2D eigenvalue weighted by molar-refractivity contribution is 0.0963. The number of rotatable bonds is 2. The van der Waals surface area contributed by atoms with Crippen molar-refractivity contribution in [2.75, 3.05) is 7.05 Å². The smallest absolute Gasteiger partial charge is 0.251 e. The average molecular weight is 316 g/mol. The van der Waals surface area contributed by atoms with Gasteiger partial charge < -0.3 is 9.88 Å². The fourth-order valence-electron chi connectivity index (χ4n) is 2.29. The van der Waals surface area contributed by atoms with Crippen LogP contribution < -0.4 is 5.32 Å². The maximum absolute atomic E-state index is 11.6. The summed E-state index contributed by atoms with van der Waals surface area (Å²) in [5.74, 6) is 1.19. The topological polar surface area (TPSA) is 72.7 Å².